The molecule has 5 nitrogen and oxygen atoms in total. The molecule has 1 N–H and O–H groups in total. The van der Waals surface area contributed by atoms with Crippen LogP contribution in [0, 0.1) is 12.8 Å². The third kappa shape index (κ3) is 6.49. The number of likely N-dealkylation sites (N-methyl/N-ethyl adjacent to an activating group) is 1. The van der Waals surface area contributed by atoms with Crippen LogP contribution in [0.4, 0.5) is 0 Å². The Bertz CT molecular complexity index is 513. The van der Waals surface area contributed by atoms with Crippen molar-refractivity contribution in [2.45, 2.75) is 20.8 Å². The number of hydrogen-bond acceptors (Lipinski definition) is 4. The number of nitrogens with one attached hydrogen (secondary N) is 1. The highest BCUT2D eigenvalue weighted by molar-refractivity contribution is 5.77. The number of carbonyl (C=O) groups excluding carboxylic acids is 1. The van der Waals surface area contributed by atoms with E-state index in [1.54, 1.807) is 0 Å². The Balaban J connectivity index is 1.61. The van der Waals surface area contributed by atoms with Gasteiger partial charge in [0.25, 0.3) is 5.91 Å². The first-order valence-corrected chi connectivity index (χ1v) is 8.97. The molecule has 0 aromatic heterocycles. The lowest BCUT2D eigenvalue weighted by atomic mass is 10.1. The van der Waals surface area contributed by atoms with Gasteiger partial charge in [0.15, 0.2) is 6.61 Å². The average molecular weight is 333 g/mol. The minimum absolute atomic E-state index is 0.0563. The molecule has 1 aliphatic rings. The summed E-state index contributed by atoms with van der Waals surface area (Å²) in [5.41, 5.74) is 1.13. The van der Waals surface area contributed by atoms with E-state index in [4.69, 9.17) is 4.74 Å². The number of carbonyl (C=O) groups is 1. The van der Waals surface area contributed by atoms with Crippen molar-refractivity contribution in [1.82, 2.24) is 15.1 Å². The normalized spacial score (nSPS) is 17.5. The SMILES string of the molecule is CCN1CCN(CC(C)CNC(=O)COc2cccc(C)c2)CC1. The molecule has 1 fully saturated rings. The molecule has 2 rings (SSSR count). The van der Waals surface area contributed by atoms with Crippen LogP contribution >= 0.6 is 0 Å². The van der Waals surface area contributed by atoms with E-state index in [0.29, 0.717) is 12.5 Å². The van der Waals surface area contributed by atoms with Gasteiger partial charge in [0.05, 0.1) is 0 Å². The number of amides is 1. The van der Waals surface area contributed by atoms with E-state index < -0.39 is 0 Å². The summed E-state index contributed by atoms with van der Waals surface area (Å²) in [5, 5.41) is 2.98. The van der Waals surface area contributed by atoms with Crippen molar-refractivity contribution in [3.63, 3.8) is 0 Å². The highest BCUT2D eigenvalue weighted by Crippen LogP contribution is 2.12. The largest absolute Gasteiger partial charge is 0.484 e. The van der Waals surface area contributed by atoms with Gasteiger partial charge in [-0.15, -0.1) is 0 Å². The van der Waals surface area contributed by atoms with Crippen LogP contribution < -0.4 is 10.1 Å². The van der Waals surface area contributed by atoms with Crippen LogP contribution in [-0.4, -0.2) is 68.1 Å². The van der Waals surface area contributed by atoms with Gasteiger partial charge >= 0.3 is 0 Å². The van der Waals surface area contributed by atoms with Crippen molar-refractivity contribution in [1.29, 1.82) is 0 Å². The van der Waals surface area contributed by atoms with E-state index in [0.717, 1.165) is 50.6 Å². The second-order valence-corrected chi connectivity index (χ2v) is 6.75. The van der Waals surface area contributed by atoms with Crippen LogP contribution in [-0.2, 0) is 4.79 Å². The van der Waals surface area contributed by atoms with Gasteiger partial charge in [0.1, 0.15) is 5.75 Å². The van der Waals surface area contributed by atoms with Crippen LogP contribution in [0.15, 0.2) is 24.3 Å². The van der Waals surface area contributed by atoms with Crippen molar-refractivity contribution >= 4 is 5.91 Å². The molecule has 1 aromatic carbocycles. The fraction of sp³-hybridized carbons (Fsp3) is 0.632. The Morgan fingerprint density at radius 2 is 1.96 bits per heavy atom. The number of rotatable bonds is 8. The third-order valence-electron chi connectivity index (χ3n) is 4.49. The maximum absolute atomic E-state index is 11.9. The summed E-state index contributed by atoms with van der Waals surface area (Å²) >= 11 is 0. The van der Waals surface area contributed by atoms with Crippen LogP contribution in [0.3, 0.4) is 0 Å². The first-order valence-electron chi connectivity index (χ1n) is 8.97. The fourth-order valence-corrected chi connectivity index (χ4v) is 2.99. The summed E-state index contributed by atoms with van der Waals surface area (Å²) in [6.07, 6.45) is 0. The molecule has 1 unspecified atom stereocenters. The Morgan fingerprint density at radius 1 is 1.25 bits per heavy atom. The van der Waals surface area contributed by atoms with Crippen molar-refractivity contribution < 1.29 is 9.53 Å². The summed E-state index contributed by atoms with van der Waals surface area (Å²) < 4.78 is 5.53. The summed E-state index contributed by atoms with van der Waals surface area (Å²) in [4.78, 5) is 16.9. The zero-order valence-corrected chi connectivity index (χ0v) is 15.3. The highest BCUT2D eigenvalue weighted by atomic mass is 16.5. The molecule has 1 aromatic rings. The topological polar surface area (TPSA) is 44.8 Å². The summed E-state index contributed by atoms with van der Waals surface area (Å²) in [6, 6.07) is 7.75. The molecular weight excluding hydrogens is 302 g/mol. The molecule has 0 saturated carbocycles. The van der Waals surface area contributed by atoms with Crippen LogP contribution in [0.1, 0.15) is 19.4 Å². The molecule has 0 bridgehead atoms. The average Bonchev–Trinajstić information content (AvgIpc) is 2.59. The monoisotopic (exact) mass is 333 g/mol. The lowest BCUT2D eigenvalue weighted by Gasteiger charge is -2.35. The predicted octanol–water partition coefficient (Wildman–Crippen LogP) is 1.76. The molecule has 0 aliphatic carbocycles. The van der Waals surface area contributed by atoms with Crippen LogP contribution in [0.5, 0.6) is 5.75 Å². The number of piperazine rings is 1. The van der Waals surface area contributed by atoms with Gasteiger partial charge < -0.3 is 19.9 Å². The van der Waals surface area contributed by atoms with E-state index in [9.17, 15) is 4.79 Å². The highest BCUT2D eigenvalue weighted by Gasteiger charge is 2.17. The molecule has 0 spiro atoms. The molecule has 1 heterocycles. The van der Waals surface area contributed by atoms with Gasteiger partial charge in [-0.25, -0.2) is 0 Å². The number of benzene rings is 1. The molecule has 1 saturated heterocycles. The maximum Gasteiger partial charge on any atom is 0.257 e. The number of nitrogens with zero attached hydrogens (tertiary/aromatic N) is 2. The molecular formula is C19H31N3O2. The van der Waals surface area contributed by atoms with Crippen molar-refractivity contribution in [3.8, 4) is 5.75 Å². The maximum atomic E-state index is 11.9. The molecule has 1 aliphatic heterocycles. The predicted molar refractivity (Wildman–Crippen MR) is 97.4 cm³/mol. The second kappa shape index (κ2) is 9.64. The lowest BCUT2D eigenvalue weighted by Crippen LogP contribution is -2.48. The van der Waals surface area contributed by atoms with Gasteiger partial charge in [0, 0.05) is 39.3 Å². The van der Waals surface area contributed by atoms with E-state index in [2.05, 4.69) is 29.0 Å². The first kappa shape index (κ1) is 18.7. The summed E-state index contributed by atoms with van der Waals surface area (Å²) in [7, 11) is 0. The van der Waals surface area contributed by atoms with E-state index in [1.165, 1.54) is 0 Å². The van der Waals surface area contributed by atoms with Crippen molar-refractivity contribution in [2.75, 3.05) is 52.4 Å². The number of aryl methyl sites for hydroxylation is 1. The minimum atomic E-state index is -0.0563. The zero-order valence-electron chi connectivity index (χ0n) is 15.3. The van der Waals surface area contributed by atoms with Crippen LogP contribution in [0.2, 0.25) is 0 Å². The van der Waals surface area contributed by atoms with Gasteiger partial charge in [-0.1, -0.05) is 26.0 Å². The zero-order chi connectivity index (χ0) is 17.4. The Morgan fingerprint density at radius 3 is 2.62 bits per heavy atom. The Kier molecular flexibility index (Phi) is 7.53. The summed E-state index contributed by atoms with van der Waals surface area (Å²) in [5.74, 6) is 1.13. The minimum Gasteiger partial charge on any atom is -0.484 e. The van der Waals surface area contributed by atoms with Crippen LogP contribution in [0.25, 0.3) is 0 Å². The van der Waals surface area contributed by atoms with Crippen molar-refractivity contribution in [2.24, 2.45) is 5.92 Å². The standard InChI is InChI=1S/C19H31N3O2/c1-4-21-8-10-22(11-9-21)14-17(3)13-20-19(23)15-24-18-7-5-6-16(2)12-18/h5-7,12,17H,4,8-11,13-15H2,1-3H3,(H,20,23). The third-order valence-corrected chi connectivity index (χ3v) is 4.49. The van der Waals surface area contributed by atoms with Gasteiger partial charge in [-0.3, -0.25) is 4.79 Å². The Labute approximate surface area is 146 Å². The lowest BCUT2D eigenvalue weighted by molar-refractivity contribution is -0.123. The summed E-state index contributed by atoms with van der Waals surface area (Å²) in [6.45, 7) is 13.9. The van der Waals surface area contributed by atoms with Gasteiger partial charge in [0.2, 0.25) is 0 Å². The molecule has 134 valence electrons. The molecule has 1 atom stereocenters. The molecule has 0 radical (unpaired) electrons. The molecule has 5 heteroatoms. The van der Waals surface area contributed by atoms with Gasteiger partial charge in [-0.05, 0) is 37.1 Å². The van der Waals surface area contributed by atoms with E-state index >= 15 is 0 Å². The Hall–Kier alpha value is -1.59. The second-order valence-electron chi connectivity index (χ2n) is 6.75. The van der Waals surface area contributed by atoms with Gasteiger partial charge in [-0.2, -0.15) is 0 Å². The molecule has 1 amide bonds. The number of hydrogen-bond donors (Lipinski definition) is 1. The van der Waals surface area contributed by atoms with Crippen molar-refractivity contribution in [3.05, 3.63) is 29.8 Å². The van der Waals surface area contributed by atoms with E-state index in [-0.39, 0.29) is 12.5 Å². The fourth-order valence-electron chi connectivity index (χ4n) is 2.99. The number of ether oxygens (including phenoxy) is 1. The van der Waals surface area contributed by atoms with E-state index in [1.807, 2.05) is 31.2 Å². The first-order chi connectivity index (χ1) is 11.6. The smallest absolute Gasteiger partial charge is 0.257 e. The molecule has 24 heavy (non-hydrogen) atoms. The quantitative estimate of drug-likeness (QED) is 0.787.